The van der Waals surface area contributed by atoms with Gasteiger partial charge in [0.2, 0.25) is 5.91 Å². The number of piperidine rings is 1. The maximum absolute atomic E-state index is 12.6. The molecular weight excluding hydrogens is 280 g/mol. The highest BCUT2D eigenvalue weighted by molar-refractivity contribution is 5.80. The van der Waals surface area contributed by atoms with E-state index in [0.29, 0.717) is 31.0 Å². The van der Waals surface area contributed by atoms with Gasteiger partial charge < -0.3 is 15.3 Å². The van der Waals surface area contributed by atoms with Crippen molar-refractivity contribution in [2.75, 3.05) is 13.1 Å². The second kappa shape index (κ2) is 5.43. The average molecular weight is 306 g/mol. The van der Waals surface area contributed by atoms with Crippen molar-refractivity contribution in [3.8, 4) is 0 Å². The lowest BCUT2D eigenvalue weighted by atomic mass is 9.54. The SMILES string of the molecule is O=C(NC1C2CC3CC(C2)CC1C3)[C@H]1CCCN(C(=O)O)C1. The van der Waals surface area contributed by atoms with Crippen molar-refractivity contribution in [3.63, 3.8) is 0 Å². The maximum Gasteiger partial charge on any atom is 0.407 e. The number of nitrogens with one attached hydrogen (secondary N) is 1. The Morgan fingerprint density at radius 1 is 1.00 bits per heavy atom. The Kier molecular flexibility index (Phi) is 3.54. The van der Waals surface area contributed by atoms with E-state index in [9.17, 15) is 9.59 Å². The third-order valence-corrected chi connectivity index (χ3v) is 6.60. The number of likely N-dealkylation sites (tertiary alicyclic amines) is 1. The van der Waals surface area contributed by atoms with Gasteiger partial charge in [0.1, 0.15) is 0 Å². The van der Waals surface area contributed by atoms with E-state index in [4.69, 9.17) is 5.11 Å². The third-order valence-electron chi connectivity index (χ3n) is 6.60. The van der Waals surface area contributed by atoms with Crippen LogP contribution in [0.25, 0.3) is 0 Å². The number of hydrogen-bond donors (Lipinski definition) is 2. The molecule has 5 nitrogen and oxygen atoms in total. The molecule has 0 spiro atoms. The molecule has 0 aromatic carbocycles. The molecule has 4 bridgehead atoms. The molecule has 2 amide bonds. The molecule has 5 aliphatic rings. The van der Waals surface area contributed by atoms with Crippen LogP contribution in [0.3, 0.4) is 0 Å². The van der Waals surface area contributed by atoms with Crippen molar-refractivity contribution in [3.05, 3.63) is 0 Å². The van der Waals surface area contributed by atoms with E-state index in [2.05, 4.69) is 5.32 Å². The summed E-state index contributed by atoms with van der Waals surface area (Å²) < 4.78 is 0. The van der Waals surface area contributed by atoms with Gasteiger partial charge in [0.05, 0.1) is 5.92 Å². The minimum Gasteiger partial charge on any atom is -0.465 e. The standard InChI is InChI=1S/C17H26N2O3/c20-16(12-2-1-3-19(9-12)17(21)22)18-15-13-5-10-4-11(7-13)8-14(15)6-10/h10-15H,1-9H2,(H,18,20)(H,21,22)/t10?,11?,12-,13?,14?,15?/m0/s1. The topological polar surface area (TPSA) is 69.6 Å². The van der Waals surface area contributed by atoms with Gasteiger partial charge in [-0.3, -0.25) is 4.79 Å². The van der Waals surface area contributed by atoms with Gasteiger partial charge in [0, 0.05) is 19.1 Å². The maximum atomic E-state index is 12.6. The highest BCUT2D eigenvalue weighted by Gasteiger charge is 2.49. The zero-order valence-corrected chi connectivity index (χ0v) is 13.0. The molecule has 122 valence electrons. The largest absolute Gasteiger partial charge is 0.465 e. The van der Waals surface area contributed by atoms with Crippen LogP contribution >= 0.6 is 0 Å². The van der Waals surface area contributed by atoms with Crippen molar-refractivity contribution in [1.29, 1.82) is 0 Å². The molecule has 1 heterocycles. The molecule has 0 unspecified atom stereocenters. The van der Waals surface area contributed by atoms with E-state index in [0.717, 1.165) is 24.7 Å². The molecule has 5 rings (SSSR count). The van der Waals surface area contributed by atoms with Gasteiger partial charge in [-0.15, -0.1) is 0 Å². The summed E-state index contributed by atoms with van der Waals surface area (Å²) in [5.41, 5.74) is 0. The molecule has 4 saturated carbocycles. The first-order valence-corrected chi connectivity index (χ1v) is 8.88. The van der Waals surface area contributed by atoms with Crippen molar-refractivity contribution in [1.82, 2.24) is 10.2 Å². The van der Waals surface area contributed by atoms with Crippen molar-refractivity contribution < 1.29 is 14.7 Å². The predicted octanol–water partition coefficient (Wildman–Crippen LogP) is 2.32. The van der Waals surface area contributed by atoms with Gasteiger partial charge in [0.25, 0.3) is 0 Å². The number of amides is 2. The number of nitrogens with zero attached hydrogens (tertiary/aromatic N) is 1. The molecule has 2 N–H and O–H groups in total. The minimum atomic E-state index is -0.896. The molecule has 5 fully saturated rings. The minimum absolute atomic E-state index is 0.100. The molecule has 0 aromatic heterocycles. The van der Waals surface area contributed by atoms with Gasteiger partial charge >= 0.3 is 6.09 Å². The number of hydrogen-bond acceptors (Lipinski definition) is 2. The van der Waals surface area contributed by atoms with Crippen LogP contribution in [0.15, 0.2) is 0 Å². The molecule has 5 heteroatoms. The smallest absolute Gasteiger partial charge is 0.407 e. The molecule has 1 saturated heterocycles. The van der Waals surface area contributed by atoms with Gasteiger partial charge in [0.15, 0.2) is 0 Å². The third kappa shape index (κ3) is 2.48. The van der Waals surface area contributed by atoms with Crippen LogP contribution in [-0.2, 0) is 4.79 Å². The first-order valence-electron chi connectivity index (χ1n) is 8.88. The van der Waals surface area contributed by atoms with E-state index in [1.54, 1.807) is 0 Å². The molecular formula is C17H26N2O3. The monoisotopic (exact) mass is 306 g/mol. The van der Waals surface area contributed by atoms with E-state index < -0.39 is 6.09 Å². The second-order valence-corrected chi connectivity index (χ2v) is 8.03. The van der Waals surface area contributed by atoms with Crippen LogP contribution in [-0.4, -0.2) is 41.1 Å². The van der Waals surface area contributed by atoms with E-state index >= 15 is 0 Å². The van der Waals surface area contributed by atoms with Gasteiger partial charge in [-0.05, 0) is 68.6 Å². The van der Waals surface area contributed by atoms with Gasteiger partial charge in [-0.25, -0.2) is 4.79 Å². The predicted molar refractivity (Wildman–Crippen MR) is 81.3 cm³/mol. The molecule has 0 radical (unpaired) electrons. The molecule has 4 aliphatic carbocycles. The van der Waals surface area contributed by atoms with Gasteiger partial charge in [-0.1, -0.05) is 0 Å². The Morgan fingerprint density at radius 2 is 1.64 bits per heavy atom. The van der Waals surface area contributed by atoms with Crippen molar-refractivity contribution in [2.24, 2.45) is 29.6 Å². The van der Waals surface area contributed by atoms with Crippen LogP contribution < -0.4 is 5.32 Å². The van der Waals surface area contributed by atoms with Crippen LogP contribution in [0.5, 0.6) is 0 Å². The first kappa shape index (κ1) is 14.3. The Labute approximate surface area is 131 Å². The fourth-order valence-corrected chi connectivity index (χ4v) is 5.81. The zero-order valence-electron chi connectivity index (χ0n) is 13.0. The summed E-state index contributed by atoms with van der Waals surface area (Å²) >= 11 is 0. The summed E-state index contributed by atoms with van der Waals surface area (Å²) in [5.74, 6) is 3.13. The normalized spacial score (nSPS) is 43.2. The first-order chi connectivity index (χ1) is 10.6. The second-order valence-electron chi connectivity index (χ2n) is 8.03. The molecule has 1 atom stereocenters. The van der Waals surface area contributed by atoms with Crippen molar-refractivity contribution >= 4 is 12.0 Å². The fourth-order valence-electron chi connectivity index (χ4n) is 5.81. The number of rotatable bonds is 2. The lowest BCUT2D eigenvalue weighted by molar-refractivity contribution is -0.130. The van der Waals surface area contributed by atoms with Gasteiger partial charge in [-0.2, -0.15) is 0 Å². The van der Waals surface area contributed by atoms with Crippen LogP contribution in [0.1, 0.15) is 44.9 Å². The number of carbonyl (C=O) groups is 2. The molecule has 22 heavy (non-hydrogen) atoms. The summed E-state index contributed by atoms with van der Waals surface area (Å²) in [7, 11) is 0. The Morgan fingerprint density at radius 3 is 2.23 bits per heavy atom. The summed E-state index contributed by atoms with van der Waals surface area (Å²) in [6.45, 7) is 0.936. The highest BCUT2D eigenvalue weighted by atomic mass is 16.4. The van der Waals surface area contributed by atoms with Crippen LogP contribution in [0.2, 0.25) is 0 Å². The highest BCUT2D eigenvalue weighted by Crippen LogP contribution is 2.53. The summed E-state index contributed by atoms with van der Waals surface area (Å²) in [5, 5.41) is 12.5. The average Bonchev–Trinajstić information content (AvgIpc) is 2.50. The number of carboxylic acid groups (broad SMARTS) is 1. The Hall–Kier alpha value is -1.26. The molecule has 1 aliphatic heterocycles. The van der Waals surface area contributed by atoms with E-state index in [1.165, 1.54) is 37.0 Å². The Bertz CT molecular complexity index is 451. The molecule has 0 aromatic rings. The fraction of sp³-hybridized carbons (Fsp3) is 0.882. The lowest BCUT2D eigenvalue weighted by Gasteiger charge is -2.54. The summed E-state index contributed by atoms with van der Waals surface area (Å²) in [6.07, 6.45) is 7.33. The number of carbonyl (C=O) groups excluding carboxylic acids is 1. The zero-order chi connectivity index (χ0) is 15.3. The van der Waals surface area contributed by atoms with Crippen molar-refractivity contribution in [2.45, 2.75) is 51.0 Å². The lowest BCUT2D eigenvalue weighted by Crippen LogP contribution is -2.57. The van der Waals surface area contributed by atoms with Crippen LogP contribution in [0.4, 0.5) is 4.79 Å². The Balaban J connectivity index is 1.39. The van der Waals surface area contributed by atoms with E-state index in [1.807, 2.05) is 0 Å². The summed E-state index contributed by atoms with van der Waals surface area (Å²) in [4.78, 5) is 25.1. The van der Waals surface area contributed by atoms with E-state index in [-0.39, 0.29) is 11.8 Å². The quantitative estimate of drug-likeness (QED) is 0.822. The van der Waals surface area contributed by atoms with Crippen LogP contribution in [0, 0.1) is 29.6 Å². The summed E-state index contributed by atoms with van der Waals surface area (Å²) in [6, 6.07) is 0.362.